The number of ether oxygens (including phenoxy) is 1. The van der Waals surface area contributed by atoms with Crippen LogP contribution in [0, 0.1) is 0 Å². The molecule has 1 aromatic rings. The average Bonchev–Trinajstić information content (AvgIpc) is 2.32. The smallest absolute Gasteiger partial charge is 0.142 e. The zero-order valence-electron chi connectivity index (χ0n) is 9.95. The van der Waals surface area contributed by atoms with E-state index in [1.54, 1.807) is 7.11 Å². The maximum atomic E-state index is 9.46. The quantitative estimate of drug-likeness (QED) is 0.872. The molecule has 94 valence electrons. The molecule has 0 aliphatic heterocycles. The molecule has 1 saturated carbocycles. The SMILES string of the molecule is COc1ccc(Cl)cc1NC1CCC(O)CC1. The molecule has 0 aromatic heterocycles. The number of hydrogen-bond acceptors (Lipinski definition) is 3. The Bertz CT molecular complexity index is 376. The zero-order chi connectivity index (χ0) is 12.3. The van der Waals surface area contributed by atoms with E-state index in [-0.39, 0.29) is 6.10 Å². The lowest BCUT2D eigenvalue weighted by Crippen LogP contribution is -2.28. The van der Waals surface area contributed by atoms with E-state index in [9.17, 15) is 5.11 Å². The van der Waals surface area contributed by atoms with Crippen LogP contribution >= 0.6 is 11.6 Å². The predicted molar refractivity (Wildman–Crippen MR) is 69.9 cm³/mol. The maximum absolute atomic E-state index is 9.46. The summed E-state index contributed by atoms with van der Waals surface area (Å²) in [6.07, 6.45) is 3.56. The Morgan fingerprint density at radius 1 is 1.29 bits per heavy atom. The van der Waals surface area contributed by atoms with Gasteiger partial charge in [-0.05, 0) is 43.9 Å². The van der Waals surface area contributed by atoms with Crippen molar-refractivity contribution in [2.24, 2.45) is 0 Å². The van der Waals surface area contributed by atoms with Gasteiger partial charge in [-0.1, -0.05) is 11.6 Å². The van der Waals surface area contributed by atoms with Crippen molar-refractivity contribution in [3.05, 3.63) is 23.2 Å². The van der Waals surface area contributed by atoms with E-state index in [0.717, 1.165) is 37.1 Å². The first-order valence-electron chi connectivity index (χ1n) is 5.97. The molecular formula is C13H18ClNO2. The summed E-state index contributed by atoms with van der Waals surface area (Å²) in [6.45, 7) is 0. The highest BCUT2D eigenvalue weighted by Gasteiger charge is 2.20. The van der Waals surface area contributed by atoms with Crippen LogP contribution in [0.25, 0.3) is 0 Å². The van der Waals surface area contributed by atoms with Gasteiger partial charge < -0.3 is 15.2 Å². The average molecular weight is 256 g/mol. The van der Waals surface area contributed by atoms with Gasteiger partial charge in [0, 0.05) is 11.1 Å². The van der Waals surface area contributed by atoms with Crippen molar-refractivity contribution < 1.29 is 9.84 Å². The first-order valence-corrected chi connectivity index (χ1v) is 6.35. The number of aliphatic hydroxyl groups is 1. The van der Waals surface area contributed by atoms with Crippen LogP contribution in [0.1, 0.15) is 25.7 Å². The molecule has 0 radical (unpaired) electrons. The molecule has 3 nitrogen and oxygen atoms in total. The number of nitrogens with one attached hydrogen (secondary N) is 1. The van der Waals surface area contributed by atoms with Crippen LogP contribution in [-0.2, 0) is 0 Å². The van der Waals surface area contributed by atoms with Gasteiger partial charge in [-0.3, -0.25) is 0 Å². The lowest BCUT2D eigenvalue weighted by molar-refractivity contribution is 0.126. The summed E-state index contributed by atoms with van der Waals surface area (Å²) in [4.78, 5) is 0. The van der Waals surface area contributed by atoms with Crippen LogP contribution in [0.3, 0.4) is 0 Å². The Balaban J connectivity index is 2.04. The lowest BCUT2D eigenvalue weighted by Gasteiger charge is -2.27. The minimum atomic E-state index is -0.130. The van der Waals surface area contributed by atoms with Gasteiger partial charge in [0.05, 0.1) is 18.9 Å². The van der Waals surface area contributed by atoms with Gasteiger partial charge in [-0.15, -0.1) is 0 Å². The molecule has 1 fully saturated rings. The predicted octanol–water partition coefficient (Wildman–Crippen LogP) is 3.06. The summed E-state index contributed by atoms with van der Waals surface area (Å²) < 4.78 is 5.29. The van der Waals surface area contributed by atoms with E-state index in [0.29, 0.717) is 11.1 Å². The Hall–Kier alpha value is -0.930. The van der Waals surface area contributed by atoms with E-state index < -0.39 is 0 Å². The van der Waals surface area contributed by atoms with E-state index >= 15 is 0 Å². The Morgan fingerprint density at radius 3 is 2.65 bits per heavy atom. The second-order valence-electron chi connectivity index (χ2n) is 4.49. The molecule has 0 atom stereocenters. The summed E-state index contributed by atoms with van der Waals surface area (Å²) >= 11 is 5.98. The summed E-state index contributed by atoms with van der Waals surface area (Å²) in [5, 5.41) is 13.6. The number of benzene rings is 1. The number of hydrogen-bond donors (Lipinski definition) is 2. The van der Waals surface area contributed by atoms with Crippen LogP contribution in [0.2, 0.25) is 5.02 Å². The second kappa shape index (κ2) is 5.61. The van der Waals surface area contributed by atoms with Crippen LogP contribution in [0.4, 0.5) is 5.69 Å². The first kappa shape index (κ1) is 12.5. The van der Waals surface area contributed by atoms with Gasteiger partial charge in [0.25, 0.3) is 0 Å². The highest BCUT2D eigenvalue weighted by atomic mass is 35.5. The van der Waals surface area contributed by atoms with Gasteiger partial charge in [0.1, 0.15) is 5.75 Å². The molecule has 2 N–H and O–H groups in total. The minimum Gasteiger partial charge on any atom is -0.495 e. The third-order valence-corrected chi connectivity index (χ3v) is 3.45. The molecule has 0 saturated heterocycles. The van der Waals surface area contributed by atoms with E-state index in [1.807, 2.05) is 18.2 Å². The number of halogens is 1. The van der Waals surface area contributed by atoms with Crippen molar-refractivity contribution in [1.82, 2.24) is 0 Å². The Labute approximate surface area is 107 Å². The molecule has 0 spiro atoms. The zero-order valence-corrected chi connectivity index (χ0v) is 10.7. The third kappa shape index (κ3) is 3.27. The molecule has 0 bridgehead atoms. The van der Waals surface area contributed by atoms with Crippen LogP contribution in [0.15, 0.2) is 18.2 Å². The third-order valence-electron chi connectivity index (χ3n) is 3.22. The number of rotatable bonds is 3. The molecule has 4 heteroatoms. The topological polar surface area (TPSA) is 41.5 Å². The summed E-state index contributed by atoms with van der Waals surface area (Å²) in [5.41, 5.74) is 0.932. The summed E-state index contributed by atoms with van der Waals surface area (Å²) in [5.74, 6) is 0.806. The normalized spacial score (nSPS) is 24.4. The molecule has 1 aliphatic rings. The fraction of sp³-hybridized carbons (Fsp3) is 0.538. The van der Waals surface area contributed by atoms with Crippen LogP contribution in [0.5, 0.6) is 5.75 Å². The molecule has 17 heavy (non-hydrogen) atoms. The number of anilines is 1. The minimum absolute atomic E-state index is 0.130. The molecule has 2 rings (SSSR count). The van der Waals surface area contributed by atoms with Crippen LogP contribution in [-0.4, -0.2) is 24.4 Å². The standard InChI is InChI=1S/C13H18ClNO2/c1-17-13-7-2-9(14)8-12(13)15-10-3-5-11(16)6-4-10/h2,7-8,10-11,15-16H,3-6H2,1H3. The molecule has 0 heterocycles. The molecule has 0 amide bonds. The maximum Gasteiger partial charge on any atom is 0.142 e. The van der Waals surface area contributed by atoms with Crippen molar-refractivity contribution in [3.8, 4) is 5.75 Å². The molecular weight excluding hydrogens is 238 g/mol. The fourth-order valence-electron chi connectivity index (χ4n) is 2.23. The highest BCUT2D eigenvalue weighted by Crippen LogP contribution is 2.30. The van der Waals surface area contributed by atoms with E-state index in [4.69, 9.17) is 16.3 Å². The van der Waals surface area contributed by atoms with Crippen molar-refractivity contribution in [3.63, 3.8) is 0 Å². The summed E-state index contributed by atoms with van der Waals surface area (Å²) in [6, 6.07) is 5.95. The second-order valence-corrected chi connectivity index (χ2v) is 4.93. The van der Waals surface area contributed by atoms with E-state index in [1.165, 1.54) is 0 Å². The molecule has 0 unspecified atom stereocenters. The molecule has 1 aliphatic carbocycles. The van der Waals surface area contributed by atoms with Gasteiger partial charge in [-0.2, -0.15) is 0 Å². The summed E-state index contributed by atoms with van der Waals surface area (Å²) in [7, 11) is 1.65. The van der Waals surface area contributed by atoms with Crippen molar-refractivity contribution in [2.75, 3.05) is 12.4 Å². The van der Waals surface area contributed by atoms with Gasteiger partial charge in [0.2, 0.25) is 0 Å². The van der Waals surface area contributed by atoms with Gasteiger partial charge >= 0.3 is 0 Å². The first-order chi connectivity index (χ1) is 8.19. The van der Waals surface area contributed by atoms with Crippen LogP contribution < -0.4 is 10.1 Å². The van der Waals surface area contributed by atoms with Crippen molar-refractivity contribution >= 4 is 17.3 Å². The Kier molecular flexibility index (Phi) is 4.13. The number of methoxy groups -OCH3 is 1. The van der Waals surface area contributed by atoms with Gasteiger partial charge in [-0.25, -0.2) is 0 Å². The number of aliphatic hydroxyl groups excluding tert-OH is 1. The van der Waals surface area contributed by atoms with Crippen molar-refractivity contribution in [1.29, 1.82) is 0 Å². The lowest BCUT2D eigenvalue weighted by atomic mass is 9.93. The Morgan fingerprint density at radius 2 is 2.00 bits per heavy atom. The fourth-order valence-corrected chi connectivity index (χ4v) is 2.41. The van der Waals surface area contributed by atoms with Gasteiger partial charge in [0.15, 0.2) is 0 Å². The highest BCUT2D eigenvalue weighted by molar-refractivity contribution is 6.30. The van der Waals surface area contributed by atoms with E-state index in [2.05, 4.69) is 5.32 Å². The molecule has 1 aromatic carbocycles. The van der Waals surface area contributed by atoms with Crippen molar-refractivity contribution in [2.45, 2.75) is 37.8 Å². The largest absolute Gasteiger partial charge is 0.495 e. The monoisotopic (exact) mass is 255 g/mol.